The Labute approximate surface area is 85.4 Å². The molecule has 1 atom stereocenters. The molecule has 0 amide bonds. The minimum Gasteiger partial charge on any atom is -0.392 e. The molecule has 0 unspecified atom stereocenters. The predicted octanol–water partition coefficient (Wildman–Crippen LogP) is 0.937. The zero-order chi connectivity index (χ0) is 10.4. The van der Waals surface area contributed by atoms with Gasteiger partial charge in [-0.1, -0.05) is 6.07 Å². The van der Waals surface area contributed by atoms with Crippen LogP contribution in [0.15, 0.2) is 24.4 Å². The van der Waals surface area contributed by atoms with Crippen molar-refractivity contribution < 1.29 is 5.11 Å². The highest BCUT2D eigenvalue weighted by atomic mass is 16.3. The van der Waals surface area contributed by atoms with E-state index in [1.165, 1.54) is 0 Å². The number of rotatable bonds is 5. The van der Waals surface area contributed by atoms with Crippen molar-refractivity contribution in [2.24, 2.45) is 0 Å². The summed E-state index contributed by atoms with van der Waals surface area (Å²) in [6, 6.07) is 5.94. The molecule has 0 fully saturated rings. The van der Waals surface area contributed by atoms with E-state index in [4.69, 9.17) is 5.11 Å². The molecule has 0 aromatic carbocycles. The zero-order valence-corrected chi connectivity index (χ0v) is 8.85. The zero-order valence-electron chi connectivity index (χ0n) is 8.85. The molecule has 3 heteroatoms. The molecule has 0 spiro atoms. The van der Waals surface area contributed by atoms with Gasteiger partial charge in [-0.25, -0.2) is 0 Å². The largest absolute Gasteiger partial charge is 0.392 e. The Balaban J connectivity index is 2.27. The fourth-order valence-electron chi connectivity index (χ4n) is 1.39. The Morgan fingerprint density at radius 3 is 2.86 bits per heavy atom. The second-order valence-electron chi connectivity index (χ2n) is 3.68. The van der Waals surface area contributed by atoms with Crippen LogP contribution in [0.5, 0.6) is 0 Å². The summed E-state index contributed by atoms with van der Waals surface area (Å²) in [6.45, 7) is 3.45. The summed E-state index contributed by atoms with van der Waals surface area (Å²) in [6.07, 6.45) is 2.48. The van der Waals surface area contributed by atoms with E-state index in [0.29, 0.717) is 6.54 Å². The van der Waals surface area contributed by atoms with Gasteiger partial charge in [-0.3, -0.25) is 4.98 Å². The number of likely N-dealkylation sites (N-methyl/N-ethyl adjacent to an activating group) is 1. The first-order chi connectivity index (χ1) is 6.68. The van der Waals surface area contributed by atoms with Gasteiger partial charge in [-0.2, -0.15) is 0 Å². The number of pyridine rings is 1. The van der Waals surface area contributed by atoms with Crippen molar-refractivity contribution in [3.63, 3.8) is 0 Å². The van der Waals surface area contributed by atoms with E-state index in [9.17, 15) is 0 Å². The van der Waals surface area contributed by atoms with Crippen LogP contribution in [0.25, 0.3) is 0 Å². The highest BCUT2D eigenvalue weighted by Gasteiger charge is 2.02. The molecule has 0 saturated carbocycles. The molecular weight excluding hydrogens is 176 g/mol. The first-order valence-corrected chi connectivity index (χ1v) is 4.95. The summed E-state index contributed by atoms with van der Waals surface area (Å²) < 4.78 is 0. The lowest BCUT2D eigenvalue weighted by molar-refractivity contribution is 0.142. The molecule has 3 nitrogen and oxygen atoms in total. The average Bonchev–Trinajstić information content (AvgIpc) is 2.15. The van der Waals surface area contributed by atoms with Crippen LogP contribution in [0, 0.1) is 0 Å². The SMILES string of the molecule is C[C@H](O)CN(C)CCc1ccccn1. The van der Waals surface area contributed by atoms with Crippen molar-refractivity contribution in [3.05, 3.63) is 30.1 Å². The molecule has 0 bridgehead atoms. The third-order valence-corrected chi connectivity index (χ3v) is 2.05. The maximum absolute atomic E-state index is 9.16. The van der Waals surface area contributed by atoms with Gasteiger partial charge in [0, 0.05) is 31.4 Å². The Kier molecular flexibility index (Phi) is 4.56. The van der Waals surface area contributed by atoms with Crippen molar-refractivity contribution >= 4 is 0 Å². The molecule has 0 radical (unpaired) electrons. The van der Waals surface area contributed by atoms with Crippen molar-refractivity contribution in [1.82, 2.24) is 9.88 Å². The van der Waals surface area contributed by atoms with Crippen molar-refractivity contribution in [2.45, 2.75) is 19.4 Å². The van der Waals surface area contributed by atoms with Crippen LogP contribution in [0.2, 0.25) is 0 Å². The Hall–Kier alpha value is -0.930. The Morgan fingerprint density at radius 1 is 1.50 bits per heavy atom. The first kappa shape index (κ1) is 11.1. The lowest BCUT2D eigenvalue weighted by Gasteiger charge is -2.17. The van der Waals surface area contributed by atoms with Gasteiger partial charge in [-0.15, -0.1) is 0 Å². The molecule has 0 aliphatic heterocycles. The van der Waals surface area contributed by atoms with Gasteiger partial charge >= 0.3 is 0 Å². The number of aromatic nitrogens is 1. The standard InChI is InChI=1S/C11H18N2O/c1-10(14)9-13(2)8-6-11-5-3-4-7-12-11/h3-5,7,10,14H,6,8-9H2,1-2H3/t10-/m0/s1. The summed E-state index contributed by atoms with van der Waals surface area (Å²) in [5.41, 5.74) is 1.10. The lowest BCUT2D eigenvalue weighted by atomic mass is 10.2. The maximum atomic E-state index is 9.16. The second-order valence-corrected chi connectivity index (χ2v) is 3.68. The fraction of sp³-hybridized carbons (Fsp3) is 0.545. The number of hydrogen-bond acceptors (Lipinski definition) is 3. The highest BCUT2D eigenvalue weighted by Crippen LogP contribution is 1.97. The van der Waals surface area contributed by atoms with Crippen LogP contribution in [0.1, 0.15) is 12.6 Å². The van der Waals surface area contributed by atoms with Crippen molar-refractivity contribution in [1.29, 1.82) is 0 Å². The quantitative estimate of drug-likeness (QED) is 0.757. The maximum Gasteiger partial charge on any atom is 0.0638 e. The van der Waals surface area contributed by atoms with Gasteiger partial charge in [0.2, 0.25) is 0 Å². The van der Waals surface area contributed by atoms with Gasteiger partial charge in [-0.05, 0) is 26.1 Å². The van der Waals surface area contributed by atoms with E-state index in [-0.39, 0.29) is 6.10 Å². The second kappa shape index (κ2) is 5.73. The molecule has 1 aromatic heterocycles. The van der Waals surface area contributed by atoms with Gasteiger partial charge in [0.05, 0.1) is 6.10 Å². The van der Waals surface area contributed by atoms with Gasteiger partial charge in [0.1, 0.15) is 0 Å². The summed E-state index contributed by atoms with van der Waals surface area (Å²) in [4.78, 5) is 6.35. The molecule has 1 N–H and O–H groups in total. The third-order valence-electron chi connectivity index (χ3n) is 2.05. The molecular formula is C11H18N2O. The van der Waals surface area contributed by atoms with Gasteiger partial charge in [0.15, 0.2) is 0 Å². The van der Waals surface area contributed by atoms with E-state index in [1.54, 1.807) is 6.92 Å². The predicted molar refractivity (Wildman–Crippen MR) is 57.1 cm³/mol. The van der Waals surface area contributed by atoms with E-state index < -0.39 is 0 Å². The molecule has 1 rings (SSSR count). The molecule has 1 heterocycles. The van der Waals surface area contributed by atoms with E-state index >= 15 is 0 Å². The van der Waals surface area contributed by atoms with Gasteiger partial charge in [0.25, 0.3) is 0 Å². The molecule has 0 saturated heterocycles. The molecule has 0 aliphatic rings. The van der Waals surface area contributed by atoms with Crippen molar-refractivity contribution in [2.75, 3.05) is 20.1 Å². The monoisotopic (exact) mass is 194 g/mol. The topological polar surface area (TPSA) is 36.4 Å². The minimum atomic E-state index is -0.260. The van der Waals surface area contributed by atoms with Crippen molar-refractivity contribution in [3.8, 4) is 0 Å². The summed E-state index contributed by atoms with van der Waals surface area (Å²) in [7, 11) is 2.01. The van der Waals surface area contributed by atoms with Crippen LogP contribution < -0.4 is 0 Å². The number of aliphatic hydroxyl groups excluding tert-OH is 1. The Bertz CT molecular complexity index is 249. The van der Waals surface area contributed by atoms with E-state index in [2.05, 4.69) is 9.88 Å². The summed E-state index contributed by atoms with van der Waals surface area (Å²) in [5.74, 6) is 0. The average molecular weight is 194 g/mol. The Morgan fingerprint density at radius 2 is 2.29 bits per heavy atom. The normalized spacial score (nSPS) is 13.1. The molecule has 14 heavy (non-hydrogen) atoms. The molecule has 1 aromatic rings. The van der Waals surface area contributed by atoms with Crippen LogP contribution in [-0.2, 0) is 6.42 Å². The third kappa shape index (κ3) is 4.35. The van der Waals surface area contributed by atoms with Crippen LogP contribution >= 0.6 is 0 Å². The summed E-state index contributed by atoms with van der Waals surface area (Å²) >= 11 is 0. The first-order valence-electron chi connectivity index (χ1n) is 4.95. The fourth-order valence-corrected chi connectivity index (χ4v) is 1.39. The van der Waals surface area contributed by atoms with Crippen LogP contribution in [0.4, 0.5) is 0 Å². The van der Waals surface area contributed by atoms with Crippen LogP contribution in [0.3, 0.4) is 0 Å². The minimum absolute atomic E-state index is 0.260. The highest BCUT2D eigenvalue weighted by molar-refractivity contribution is 5.03. The number of nitrogens with zero attached hydrogens (tertiary/aromatic N) is 2. The van der Waals surface area contributed by atoms with E-state index in [1.807, 2.05) is 31.4 Å². The van der Waals surface area contributed by atoms with Gasteiger partial charge < -0.3 is 10.0 Å². The van der Waals surface area contributed by atoms with E-state index in [0.717, 1.165) is 18.7 Å². The number of aliphatic hydroxyl groups is 1. The lowest BCUT2D eigenvalue weighted by Crippen LogP contribution is -2.29. The smallest absolute Gasteiger partial charge is 0.0638 e. The summed E-state index contributed by atoms with van der Waals surface area (Å²) in [5, 5.41) is 9.16. The van der Waals surface area contributed by atoms with Crippen LogP contribution in [-0.4, -0.2) is 41.2 Å². The number of hydrogen-bond donors (Lipinski definition) is 1. The molecule has 78 valence electrons. The molecule has 0 aliphatic carbocycles.